The van der Waals surface area contributed by atoms with Gasteiger partial charge in [-0.05, 0) is 57.6 Å². The lowest BCUT2D eigenvalue weighted by Gasteiger charge is -2.40. The Kier molecular flexibility index (Phi) is 4.70. The number of hydrogen-bond donors (Lipinski definition) is 2. The van der Waals surface area contributed by atoms with E-state index < -0.39 is 6.09 Å². The van der Waals surface area contributed by atoms with Gasteiger partial charge in [-0.25, -0.2) is 9.78 Å². The summed E-state index contributed by atoms with van der Waals surface area (Å²) in [4.78, 5) is 37.3. The van der Waals surface area contributed by atoms with Gasteiger partial charge in [-0.2, -0.15) is 0 Å². The van der Waals surface area contributed by atoms with Crippen LogP contribution >= 0.6 is 0 Å². The van der Waals surface area contributed by atoms with Gasteiger partial charge in [0.25, 0.3) is 5.91 Å². The summed E-state index contributed by atoms with van der Waals surface area (Å²) in [6, 6.07) is 5.28. The van der Waals surface area contributed by atoms with Crippen molar-refractivity contribution in [3.8, 4) is 5.88 Å². The third-order valence-corrected chi connectivity index (χ3v) is 5.64. The molecule has 0 unspecified atom stereocenters. The second-order valence-corrected chi connectivity index (χ2v) is 7.77. The number of pyridine rings is 1. The topological polar surface area (TPSA) is 106 Å². The lowest BCUT2D eigenvalue weighted by atomic mass is 9.78. The van der Waals surface area contributed by atoms with Crippen LogP contribution in [0.25, 0.3) is 0 Å². The largest absolute Gasteiger partial charge is 0.414 e. The van der Waals surface area contributed by atoms with Gasteiger partial charge in [0, 0.05) is 23.5 Å². The van der Waals surface area contributed by atoms with E-state index in [2.05, 4.69) is 25.6 Å². The predicted molar refractivity (Wildman–Crippen MR) is 101 cm³/mol. The third kappa shape index (κ3) is 3.81. The van der Waals surface area contributed by atoms with Crippen molar-refractivity contribution in [3.05, 3.63) is 48.2 Å². The summed E-state index contributed by atoms with van der Waals surface area (Å²) in [6.07, 6.45) is 9.07. The molecular formula is C20H23N5O3. The average Bonchev–Trinajstić information content (AvgIpc) is 2.92. The minimum atomic E-state index is -0.534. The Balaban J connectivity index is 1.42. The van der Waals surface area contributed by atoms with Gasteiger partial charge in [0.2, 0.25) is 5.88 Å². The Morgan fingerprint density at radius 1 is 1.07 bits per heavy atom. The molecule has 2 bridgehead atoms. The monoisotopic (exact) mass is 381 g/mol. The van der Waals surface area contributed by atoms with Crippen LogP contribution in [0.4, 0.5) is 4.79 Å². The smallest absolute Gasteiger partial charge is 0.390 e. The molecule has 2 atom stereocenters. The quantitative estimate of drug-likeness (QED) is 0.843. The molecule has 0 radical (unpaired) electrons. The zero-order valence-corrected chi connectivity index (χ0v) is 15.8. The molecule has 146 valence electrons. The van der Waals surface area contributed by atoms with E-state index in [1.165, 1.54) is 6.20 Å². The predicted octanol–water partition coefficient (Wildman–Crippen LogP) is 2.54. The van der Waals surface area contributed by atoms with Crippen LogP contribution in [0.2, 0.25) is 0 Å². The Bertz CT molecular complexity index is 890. The van der Waals surface area contributed by atoms with Crippen LogP contribution < -0.4 is 15.4 Å². The summed E-state index contributed by atoms with van der Waals surface area (Å²) in [7, 11) is 0. The number of carbonyl (C=O) groups excluding carboxylic acids is 2. The van der Waals surface area contributed by atoms with Crippen molar-refractivity contribution < 1.29 is 14.3 Å². The summed E-state index contributed by atoms with van der Waals surface area (Å²) >= 11 is 0. The van der Waals surface area contributed by atoms with E-state index in [0.717, 1.165) is 32.1 Å². The van der Waals surface area contributed by atoms with Crippen molar-refractivity contribution in [1.82, 2.24) is 25.6 Å². The molecule has 0 aliphatic heterocycles. The molecule has 0 saturated heterocycles. The van der Waals surface area contributed by atoms with Crippen LogP contribution in [0.3, 0.4) is 0 Å². The Labute approximate surface area is 163 Å². The molecule has 2 saturated carbocycles. The summed E-state index contributed by atoms with van der Waals surface area (Å²) < 4.78 is 5.31. The maximum Gasteiger partial charge on any atom is 0.414 e. The van der Waals surface area contributed by atoms with E-state index in [0.29, 0.717) is 17.8 Å². The number of nitrogens with zero attached hydrogens (tertiary/aromatic N) is 3. The molecule has 8 nitrogen and oxygen atoms in total. The SMILES string of the molecule is Cc1cncc(OC(=O)N[C@@]23CCC[C@@](NC(=O)c4ccccn4)(CC2)C3)n1. The van der Waals surface area contributed by atoms with Crippen LogP contribution in [-0.4, -0.2) is 38.0 Å². The highest BCUT2D eigenvalue weighted by Gasteiger charge is 2.52. The zero-order valence-electron chi connectivity index (χ0n) is 15.8. The number of nitrogens with one attached hydrogen (secondary N) is 2. The Hall–Kier alpha value is -3.03. The fourth-order valence-electron chi connectivity index (χ4n) is 4.46. The molecule has 0 spiro atoms. The second kappa shape index (κ2) is 7.18. The number of amides is 2. The number of rotatable bonds is 4. The first-order chi connectivity index (χ1) is 13.5. The van der Waals surface area contributed by atoms with Crippen LogP contribution in [0.15, 0.2) is 36.8 Å². The van der Waals surface area contributed by atoms with Crippen molar-refractivity contribution in [3.63, 3.8) is 0 Å². The first kappa shape index (κ1) is 18.3. The summed E-state index contributed by atoms with van der Waals surface area (Å²) in [5.74, 6) is 0.00772. The number of hydrogen-bond acceptors (Lipinski definition) is 6. The summed E-state index contributed by atoms with van der Waals surface area (Å²) in [5.41, 5.74) is 0.399. The molecule has 2 aromatic heterocycles. The molecule has 2 heterocycles. The standard InChI is InChI=1S/C20H23N5O3/c1-14-11-21-12-16(23-14)28-18(27)25-20-7-4-6-19(13-20,8-9-20)24-17(26)15-5-2-3-10-22-15/h2-3,5,10-12H,4,6-9,13H2,1H3,(H,24,26)(H,25,27)/t19-,20+/m1/s1. The highest BCUT2D eigenvalue weighted by molar-refractivity contribution is 5.92. The minimum Gasteiger partial charge on any atom is -0.390 e. The van der Waals surface area contributed by atoms with Gasteiger partial charge in [0.05, 0.1) is 11.9 Å². The van der Waals surface area contributed by atoms with E-state index in [1.54, 1.807) is 37.5 Å². The Morgan fingerprint density at radius 2 is 1.86 bits per heavy atom. The van der Waals surface area contributed by atoms with E-state index in [4.69, 9.17) is 4.74 Å². The van der Waals surface area contributed by atoms with Gasteiger partial charge in [-0.1, -0.05) is 6.07 Å². The average molecular weight is 381 g/mol. The molecule has 2 aromatic rings. The fourth-order valence-corrected chi connectivity index (χ4v) is 4.46. The lowest BCUT2D eigenvalue weighted by Crippen LogP contribution is -2.55. The van der Waals surface area contributed by atoms with Gasteiger partial charge in [0.15, 0.2) is 0 Å². The lowest BCUT2D eigenvalue weighted by molar-refractivity contribution is 0.0864. The maximum absolute atomic E-state index is 12.6. The van der Waals surface area contributed by atoms with Crippen LogP contribution in [0, 0.1) is 6.92 Å². The van der Waals surface area contributed by atoms with E-state index in [9.17, 15) is 9.59 Å². The molecule has 28 heavy (non-hydrogen) atoms. The summed E-state index contributed by atoms with van der Waals surface area (Å²) in [6.45, 7) is 1.78. The van der Waals surface area contributed by atoms with Crippen molar-refractivity contribution in [2.24, 2.45) is 0 Å². The third-order valence-electron chi connectivity index (χ3n) is 5.64. The molecule has 4 rings (SSSR count). The fraction of sp³-hybridized carbons (Fsp3) is 0.450. The zero-order chi connectivity index (χ0) is 19.6. The van der Waals surface area contributed by atoms with Gasteiger partial charge < -0.3 is 15.4 Å². The van der Waals surface area contributed by atoms with Gasteiger partial charge in [-0.15, -0.1) is 0 Å². The maximum atomic E-state index is 12.6. The van der Waals surface area contributed by atoms with Crippen molar-refractivity contribution in [2.45, 2.75) is 56.5 Å². The van der Waals surface area contributed by atoms with E-state index in [-0.39, 0.29) is 22.9 Å². The molecule has 2 N–H and O–H groups in total. The first-order valence-electron chi connectivity index (χ1n) is 9.50. The Morgan fingerprint density at radius 3 is 2.57 bits per heavy atom. The molecular weight excluding hydrogens is 358 g/mol. The number of fused-ring (bicyclic) bond motifs is 2. The highest BCUT2D eigenvalue weighted by Crippen LogP contribution is 2.48. The van der Waals surface area contributed by atoms with Gasteiger partial charge >= 0.3 is 6.09 Å². The van der Waals surface area contributed by atoms with Crippen LogP contribution in [0.5, 0.6) is 5.88 Å². The van der Waals surface area contributed by atoms with E-state index >= 15 is 0 Å². The van der Waals surface area contributed by atoms with Crippen molar-refractivity contribution >= 4 is 12.0 Å². The second-order valence-electron chi connectivity index (χ2n) is 7.77. The van der Waals surface area contributed by atoms with Gasteiger partial charge in [0.1, 0.15) is 5.69 Å². The highest BCUT2D eigenvalue weighted by atomic mass is 16.6. The van der Waals surface area contributed by atoms with Crippen LogP contribution in [0.1, 0.15) is 54.7 Å². The minimum absolute atomic E-state index is 0.170. The molecule has 0 aromatic carbocycles. The molecule has 2 aliphatic rings. The molecule has 2 aliphatic carbocycles. The number of carbonyl (C=O) groups is 2. The normalized spacial score (nSPS) is 25.8. The van der Waals surface area contributed by atoms with Gasteiger partial charge in [-0.3, -0.25) is 14.8 Å². The number of ether oxygens (including phenoxy) is 1. The molecule has 2 amide bonds. The number of aryl methyl sites for hydroxylation is 1. The number of aromatic nitrogens is 3. The van der Waals surface area contributed by atoms with Crippen molar-refractivity contribution in [1.29, 1.82) is 0 Å². The summed E-state index contributed by atoms with van der Waals surface area (Å²) in [5, 5.41) is 6.21. The molecule has 8 heteroatoms. The first-order valence-corrected chi connectivity index (χ1v) is 9.50. The van der Waals surface area contributed by atoms with Crippen molar-refractivity contribution in [2.75, 3.05) is 0 Å². The van der Waals surface area contributed by atoms with Crippen LogP contribution in [-0.2, 0) is 0 Å². The van der Waals surface area contributed by atoms with E-state index in [1.807, 2.05) is 0 Å². The molecule has 2 fully saturated rings.